The van der Waals surface area contributed by atoms with Crippen LogP contribution in [0.2, 0.25) is 0 Å². The quantitative estimate of drug-likeness (QED) is 0.829. The second-order valence-corrected chi connectivity index (χ2v) is 5.83. The summed E-state index contributed by atoms with van der Waals surface area (Å²) in [7, 11) is 0. The van der Waals surface area contributed by atoms with Crippen molar-refractivity contribution in [1.82, 2.24) is 9.97 Å². The van der Waals surface area contributed by atoms with Gasteiger partial charge in [-0.3, -0.25) is 0 Å². The normalized spacial score (nSPS) is 16.6. The van der Waals surface area contributed by atoms with Gasteiger partial charge in [-0.2, -0.15) is 11.8 Å². The molecule has 0 saturated heterocycles. The fraction of sp³-hybridized carbons (Fsp3) is 0.692. The first-order valence-corrected chi connectivity index (χ1v) is 7.94. The zero-order valence-electron chi connectivity index (χ0n) is 11.4. The van der Waals surface area contributed by atoms with Crippen molar-refractivity contribution in [3.05, 3.63) is 11.4 Å². The fourth-order valence-corrected chi connectivity index (χ4v) is 2.59. The maximum absolute atomic E-state index is 5.98. The summed E-state index contributed by atoms with van der Waals surface area (Å²) >= 11 is 1.85. The highest BCUT2D eigenvalue weighted by molar-refractivity contribution is 7.98. The molecule has 0 spiro atoms. The molecule has 2 rings (SSSR count). The van der Waals surface area contributed by atoms with Gasteiger partial charge in [0.2, 0.25) is 0 Å². The fourth-order valence-electron chi connectivity index (χ4n) is 1.87. The molecule has 1 aromatic heterocycles. The first-order chi connectivity index (χ1) is 8.65. The Morgan fingerprint density at radius 2 is 2.17 bits per heavy atom. The van der Waals surface area contributed by atoms with Crippen molar-refractivity contribution >= 4 is 23.4 Å². The number of hydrogen-bond acceptors (Lipinski definition) is 5. The first-order valence-electron chi connectivity index (χ1n) is 6.55. The van der Waals surface area contributed by atoms with E-state index >= 15 is 0 Å². The van der Waals surface area contributed by atoms with E-state index in [2.05, 4.69) is 28.5 Å². The molecular formula is C13H22N4S. The van der Waals surface area contributed by atoms with Gasteiger partial charge in [0.1, 0.15) is 17.5 Å². The van der Waals surface area contributed by atoms with Crippen LogP contribution in [0.5, 0.6) is 0 Å². The van der Waals surface area contributed by atoms with Crippen LogP contribution in [0, 0.1) is 6.92 Å². The predicted octanol–water partition coefficient (Wildman–Crippen LogP) is 2.80. The largest absolute Gasteiger partial charge is 0.383 e. The van der Waals surface area contributed by atoms with E-state index in [9.17, 15) is 0 Å². The van der Waals surface area contributed by atoms with Crippen LogP contribution in [-0.4, -0.2) is 28.0 Å². The molecule has 100 valence electrons. The molecule has 1 aliphatic carbocycles. The van der Waals surface area contributed by atoms with Crippen molar-refractivity contribution in [2.75, 3.05) is 23.1 Å². The predicted molar refractivity (Wildman–Crippen MR) is 79.2 cm³/mol. The van der Waals surface area contributed by atoms with E-state index in [1.54, 1.807) is 0 Å². The third kappa shape index (κ3) is 3.07. The summed E-state index contributed by atoms with van der Waals surface area (Å²) in [5.41, 5.74) is 6.95. The lowest BCUT2D eigenvalue weighted by atomic mass is 10.2. The van der Waals surface area contributed by atoms with E-state index in [0.717, 1.165) is 29.4 Å². The summed E-state index contributed by atoms with van der Waals surface area (Å²) in [6.45, 7) is 4.18. The zero-order valence-corrected chi connectivity index (χ0v) is 12.2. The molecule has 3 N–H and O–H groups in total. The van der Waals surface area contributed by atoms with Crippen molar-refractivity contribution in [3.8, 4) is 0 Å². The molecule has 1 aliphatic rings. The smallest absolute Gasteiger partial charge is 0.136 e. The van der Waals surface area contributed by atoms with Crippen LogP contribution in [0.3, 0.4) is 0 Å². The van der Waals surface area contributed by atoms with Gasteiger partial charge < -0.3 is 11.1 Å². The average Bonchev–Trinajstić information content (AvgIpc) is 3.18. The number of nitrogens with one attached hydrogen (secondary N) is 1. The van der Waals surface area contributed by atoms with Crippen LogP contribution in [0.25, 0.3) is 0 Å². The molecule has 0 amide bonds. The molecule has 1 fully saturated rings. The van der Waals surface area contributed by atoms with Gasteiger partial charge in [-0.25, -0.2) is 9.97 Å². The molecule has 5 heteroatoms. The van der Waals surface area contributed by atoms with Gasteiger partial charge in [0.15, 0.2) is 0 Å². The molecule has 1 aromatic rings. The minimum Gasteiger partial charge on any atom is -0.383 e. The third-order valence-electron chi connectivity index (χ3n) is 3.34. The Kier molecular flexibility index (Phi) is 4.32. The number of nitrogens with two attached hydrogens (primary N) is 1. The molecule has 0 aromatic carbocycles. The number of rotatable bonds is 6. The first kappa shape index (κ1) is 13.5. The number of hydrogen-bond donors (Lipinski definition) is 2. The molecule has 4 nitrogen and oxygen atoms in total. The summed E-state index contributed by atoms with van der Waals surface area (Å²) < 4.78 is 0. The van der Waals surface area contributed by atoms with Gasteiger partial charge in [-0.1, -0.05) is 6.92 Å². The molecule has 18 heavy (non-hydrogen) atoms. The number of nitrogens with zero attached hydrogens (tertiary/aromatic N) is 2. The molecule has 0 bridgehead atoms. The van der Waals surface area contributed by atoms with Crippen LogP contribution in [0.4, 0.5) is 11.6 Å². The van der Waals surface area contributed by atoms with Gasteiger partial charge in [0, 0.05) is 23.3 Å². The summed E-state index contributed by atoms with van der Waals surface area (Å²) in [5.74, 6) is 4.07. The van der Waals surface area contributed by atoms with E-state index in [1.165, 1.54) is 12.8 Å². The minimum atomic E-state index is 0.444. The Morgan fingerprint density at radius 3 is 2.72 bits per heavy atom. The van der Waals surface area contributed by atoms with Crippen molar-refractivity contribution < 1.29 is 0 Å². The highest BCUT2D eigenvalue weighted by Crippen LogP contribution is 2.39. The van der Waals surface area contributed by atoms with Gasteiger partial charge in [-0.05, 0) is 32.4 Å². The van der Waals surface area contributed by atoms with E-state index in [1.807, 2.05) is 18.7 Å². The van der Waals surface area contributed by atoms with E-state index in [-0.39, 0.29) is 0 Å². The van der Waals surface area contributed by atoms with Crippen LogP contribution in [0.1, 0.15) is 43.5 Å². The summed E-state index contributed by atoms with van der Waals surface area (Å²) in [4.78, 5) is 9.05. The van der Waals surface area contributed by atoms with Gasteiger partial charge in [0.25, 0.3) is 0 Å². The lowest BCUT2D eigenvalue weighted by Gasteiger charge is -2.19. The highest BCUT2D eigenvalue weighted by atomic mass is 32.2. The van der Waals surface area contributed by atoms with Gasteiger partial charge >= 0.3 is 0 Å². The SMILES string of the molecule is CCC(CSC)Nc1nc(C2CC2)nc(N)c1C. The second kappa shape index (κ2) is 5.78. The lowest BCUT2D eigenvalue weighted by Crippen LogP contribution is -2.23. The number of anilines is 2. The Balaban J connectivity index is 2.19. The summed E-state index contributed by atoms with van der Waals surface area (Å²) in [6, 6.07) is 0.444. The molecule has 1 heterocycles. The standard InChI is InChI=1S/C13H22N4S/c1-4-10(7-18-3)15-12-8(2)11(14)16-13(17-12)9-5-6-9/h9-10H,4-7H2,1-3H3,(H3,14,15,16,17). The van der Waals surface area contributed by atoms with E-state index < -0.39 is 0 Å². The Bertz CT molecular complexity index is 418. The molecular weight excluding hydrogens is 244 g/mol. The average molecular weight is 266 g/mol. The second-order valence-electron chi connectivity index (χ2n) is 4.92. The number of aromatic nitrogens is 2. The van der Waals surface area contributed by atoms with Crippen molar-refractivity contribution in [1.29, 1.82) is 0 Å². The maximum Gasteiger partial charge on any atom is 0.136 e. The summed E-state index contributed by atoms with van der Waals surface area (Å²) in [5, 5.41) is 3.51. The van der Waals surface area contributed by atoms with Crippen molar-refractivity contribution in [2.45, 2.75) is 45.1 Å². The molecule has 1 saturated carbocycles. The van der Waals surface area contributed by atoms with E-state index in [4.69, 9.17) is 5.73 Å². The molecule has 1 unspecified atom stereocenters. The van der Waals surface area contributed by atoms with Crippen LogP contribution >= 0.6 is 11.8 Å². The molecule has 0 radical (unpaired) electrons. The van der Waals surface area contributed by atoms with Crippen LogP contribution in [0.15, 0.2) is 0 Å². The van der Waals surface area contributed by atoms with Gasteiger partial charge in [0.05, 0.1) is 0 Å². The maximum atomic E-state index is 5.98. The Morgan fingerprint density at radius 1 is 1.44 bits per heavy atom. The highest BCUT2D eigenvalue weighted by Gasteiger charge is 2.28. The van der Waals surface area contributed by atoms with Gasteiger partial charge in [-0.15, -0.1) is 0 Å². The monoisotopic (exact) mass is 266 g/mol. The van der Waals surface area contributed by atoms with Crippen molar-refractivity contribution in [3.63, 3.8) is 0 Å². The minimum absolute atomic E-state index is 0.444. The van der Waals surface area contributed by atoms with Crippen molar-refractivity contribution in [2.24, 2.45) is 0 Å². The number of thioether (sulfide) groups is 1. The number of nitrogen functional groups attached to an aromatic ring is 1. The lowest BCUT2D eigenvalue weighted by molar-refractivity contribution is 0.763. The molecule has 0 aliphatic heterocycles. The Labute approximate surface area is 113 Å². The van der Waals surface area contributed by atoms with Crippen LogP contribution in [-0.2, 0) is 0 Å². The van der Waals surface area contributed by atoms with E-state index in [0.29, 0.717) is 17.8 Å². The molecule has 1 atom stereocenters. The van der Waals surface area contributed by atoms with Crippen LogP contribution < -0.4 is 11.1 Å². The Hall–Kier alpha value is -0.970. The topological polar surface area (TPSA) is 63.8 Å². The third-order valence-corrected chi connectivity index (χ3v) is 4.08. The summed E-state index contributed by atoms with van der Waals surface area (Å²) in [6.07, 6.45) is 5.61. The zero-order chi connectivity index (χ0) is 13.1.